The van der Waals surface area contributed by atoms with Gasteiger partial charge >= 0.3 is 6.18 Å². The van der Waals surface area contributed by atoms with E-state index in [1.165, 1.54) is 61.9 Å². The van der Waals surface area contributed by atoms with Crippen LogP contribution in [0.5, 0.6) is 0 Å². The summed E-state index contributed by atoms with van der Waals surface area (Å²) in [5.41, 5.74) is -1.50. The van der Waals surface area contributed by atoms with E-state index in [2.05, 4.69) is 21.3 Å². The van der Waals surface area contributed by atoms with E-state index in [0.29, 0.717) is 25.7 Å². The molecule has 0 radical (unpaired) electrons. The number of hydrogen-bond donors (Lipinski definition) is 4. The molecule has 3 unspecified atom stereocenters. The maximum absolute atomic E-state index is 15.2. The van der Waals surface area contributed by atoms with Gasteiger partial charge in [-0.2, -0.15) is 13.2 Å². The Labute approximate surface area is 536 Å². The lowest BCUT2D eigenvalue weighted by Crippen LogP contribution is -2.64. The van der Waals surface area contributed by atoms with Gasteiger partial charge in [-0.25, -0.2) is 4.39 Å². The molecular weight excluding hydrogens is 1190 g/mol. The van der Waals surface area contributed by atoms with Crippen molar-refractivity contribution in [2.45, 2.75) is 243 Å². The van der Waals surface area contributed by atoms with Gasteiger partial charge in [0.05, 0.1) is 25.6 Å². The minimum Gasteiger partial charge on any atom is -0.351 e. The molecule has 91 heavy (non-hydrogen) atoms. The topological polar surface area (TPSA) is 259 Å². The lowest BCUT2D eigenvalue weighted by Gasteiger charge is -2.39. The van der Waals surface area contributed by atoms with Crippen molar-refractivity contribution in [2.75, 3.05) is 68.5 Å². The molecule has 2 heterocycles. The van der Waals surface area contributed by atoms with Crippen molar-refractivity contribution in [3.05, 3.63) is 0 Å². The molecule has 5 rings (SSSR count). The number of fused-ring (bicyclic) bond motifs is 1. The van der Waals surface area contributed by atoms with Crippen LogP contribution in [0.3, 0.4) is 0 Å². The van der Waals surface area contributed by atoms with Gasteiger partial charge in [0.15, 0.2) is 0 Å². The van der Waals surface area contributed by atoms with Crippen molar-refractivity contribution in [3.63, 3.8) is 0 Å². The van der Waals surface area contributed by atoms with Gasteiger partial charge in [0, 0.05) is 61.3 Å². The molecule has 5 fully saturated rings. The van der Waals surface area contributed by atoms with Crippen molar-refractivity contribution in [1.82, 2.24) is 55.6 Å². The number of hydrogen-bond acceptors (Lipinski definition) is 11. The number of halogens is 4. The van der Waals surface area contributed by atoms with E-state index < -0.39 is 175 Å². The summed E-state index contributed by atoms with van der Waals surface area (Å²) in [5.74, 6) is -10.1. The zero-order valence-corrected chi connectivity index (χ0v) is 56.4. The van der Waals surface area contributed by atoms with Crippen LogP contribution in [-0.4, -0.2) is 228 Å². The summed E-state index contributed by atoms with van der Waals surface area (Å²) in [4.78, 5) is 168. The third kappa shape index (κ3) is 20.4. The van der Waals surface area contributed by atoms with Crippen molar-refractivity contribution in [1.29, 1.82) is 0 Å². The summed E-state index contributed by atoms with van der Waals surface area (Å²) in [6, 6.07) is -7.73. The minimum absolute atomic E-state index is 0.0138. The molecule has 3 aliphatic carbocycles. The van der Waals surface area contributed by atoms with Crippen LogP contribution in [-0.2, 0) is 52.7 Å². The summed E-state index contributed by atoms with van der Waals surface area (Å²) in [6.45, 7) is 11.2. The number of nitrogens with one attached hydrogen (secondary N) is 4. The van der Waals surface area contributed by atoms with E-state index in [0.717, 1.165) is 46.8 Å². The van der Waals surface area contributed by atoms with E-state index >= 15 is 14.0 Å². The van der Waals surface area contributed by atoms with Gasteiger partial charge in [-0.05, 0) is 114 Å². The zero-order valence-electron chi connectivity index (χ0n) is 56.4. The molecule has 5 aliphatic rings. The predicted molar refractivity (Wildman–Crippen MR) is 333 cm³/mol. The fraction of sp³-hybridized carbons (Fsp3) is 0.831. The first-order chi connectivity index (χ1) is 42.6. The monoisotopic (exact) mass is 1290 g/mol. The highest BCUT2D eigenvalue weighted by molar-refractivity contribution is 5.99. The Balaban J connectivity index is 1.53. The number of carbonyl (C=O) groups excluding carboxylic acids is 11. The molecule has 0 aromatic rings. The minimum atomic E-state index is -4.74. The van der Waals surface area contributed by atoms with Crippen LogP contribution in [0.2, 0.25) is 0 Å². The highest BCUT2D eigenvalue weighted by Crippen LogP contribution is 2.43. The van der Waals surface area contributed by atoms with Crippen molar-refractivity contribution in [2.24, 2.45) is 35.5 Å². The molecule has 3 saturated carbocycles. The number of rotatable bonds is 11. The highest BCUT2D eigenvalue weighted by Gasteiger charge is 2.51. The third-order valence-corrected chi connectivity index (χ3v) is 19.9. The summed E-state index contributed by atoms with van der Waals surface area (Å²) in [7, 11) is 8.56. The molecule has 0 bridgehead atoms. The molecular formula is C65H107F4N11O11. The molecule has 2 aliphatic heterocycles. The SMILES string of the molecule is CC[C@H](C)[C@@H]1NC(=O)[C@H](CC(C)C)N(C)C(=O)C[C@@H](C)NC(=O)[C@H](CC(C)C)N(C)C(=O)C2(CCCC2)NC(=O)[C@@H]2CCCN2C(=O)[C@H](CCC2CCC(C(F)(F)F)C(F)C2)NC(=O)CN(C)C(=O)[C@H](CC2CCCCC2)N(C)C(=O)CN(C)C(=O)CN(C)C1=O. The first-order valence-corrected chi connectivity index (χ1v) is 33.4. The van der Waals surface area contributed by atoms with E-state index in [-0.39, 0.29) is 88.5 Å². The predicted octanol–water partition coefficient (Wildman–Crippen LogP) is 5.35. The Kier molecular flexibility index (Phi) is 28.0. The Hall–Kier alpha value is -6.11. The zero-order chi connectivity index (χ0) is 68.0. The molecule has 516 valence electrons. The summed E-state index contributed by atoms with van der Waals surface area (Å²) >= 11 is 0. The van der Waals surface area contributed by atoms with Gasteiger partial charge in [-0.15, -0.1) is 0 Å². The van der Waals surface area contributed by atoms with Crippen LogP contribution in [0.1, 0.15) is 183 Å². The van der Waals surface area contributed by atoms with Gasteiger partial charge in [-0.3, -0.25) is 52.7 Å². The van der Waals surface area contributed by atoms with Crippen LogP contribution in [0.4, 0.5) is 17.6 Å². The highest BCUT2D eigenvalue weighted by atomic mass is 19.4. The van der Waals surface area contributed by atoms with E-state index in [1.54, 1.807) is 13.8 Å². The maximum atomic E-state index is 15.2. The van der Waals surface area contributed by atoms with Crippen molar-refractivity contribution in [3.8, 4) is 0 Å². The fourth-order valence-corrected chi connectivity index (χ4v) is 14.0. The summed E-state index contributed by atoms with van der Waals surface area (Å²) in [6.07, 6.45) is -0.658. The molecule has 0 aromatic heterocycles. The number of likely N-dealkylation sites (N-methyl/N-ethyl adjacent to an activating group) is 6. The Morgan fingerprint density at radius 3 is 1.73 bits per heavy atom. The van der Waals surface area contributed by atoms with Gasteiger partial charge in [0.2, 0.25) is 65.0 Å². The average Bonchev–Trinajstić information content (AvgIpc) is 1.77. The van der Waals surface area contributed by atoms with Crippen LogP contribution >= 0.6 is 0 Å². The van der Waals surface area contributed by atoms with Crippen molar-refractivity contribution >= 4 is 65.0 Å². The largest absolute Gasteiger partial charge is 0.394 e. The van der Waals surface area contributed by atoms with Gasteiger partial charge in [0.25, 0.3) is 0 Å². The molecule has 11 amide bonds. The number of carbonyl (C=O) groups is 11. The van der Waals surface area contributed by atoms with E-state index in [4.69, 9.17) is 0 Å². The Morgan fingerprint density at radius 1 is 0.571 bits per heavy atom. The number of alkyl halides is 4. The normalized spacial score (nSPS) is 29.7. The number of amides is 11. The standard InChI is InChI=1S/C65H107F4N11O11/c1-14-41(6)56-62(90)76(10)37-54(83)74(8)38-55(84)78(12)51(35-43-21-16-15-17-22-43)61(89)75(9)36-52(81)71-47(27-25-44-24-26-45(46(66)34-44)65(67,68)69)60(88)80-30-20-23-48(80)59(87)73-64(28-18-19-29-64)63(91)79(13)50(32-40(4)5)57(85)70-42(7)33-53(82)77(11)49(31-39(2)3)58(86)72-56/h39-51,56H,14-38H2,1-13H3,(H,70,85)(H,71,81)(H,72,86)(H,73,87)/t41-,42+,44?,45?,46?,47-,48-,49-,50-,51-,56-/m0/s1. The van der Waals surface area contributed by atoms with Crippen molar-refractivity contribution < 1.29 is 70.3 Å². The van der Waals surface area contributed by atoms with Gasteiger partial charge in [-0.1, -0.05) is 92.9 Å². The molecule has 11 atom stereocenters. The Bertz CT molecular complexity index is 2560. The Morgan fingerprint density at radius 2 is 1.14 bits per heavy atom. The second-order valence-corrected chi connectivity index (χ2v) is 28.1. The molecule has 22 nitrogen and oxygen atoms in total. The maximum Gasteiger partial charge on any atom is 0.394 e. The smallest absolute Gasteiger partial charge is 0.351 e. The summed E-state index contributed by atoms with van der Waals surface area (Å²) in [5, 5.41) is 11.6. The van der Waals surface area contributed by atoms with Crippen LogP contribution < -0.4 is 21.3 Å². The first kappa shape index (κ1) is 75.6. The average molecular weight is 1290 g/mol. The van der Waals surface area contributed by atoms with Crippen LogP contribution in [0.15, 0.2) is 0 Å². The fourth-order valence-electron chi connectivity index (χ4n) is 14.0. The second kappa shape index (κ2) is 33.6. The lowest BCUT2D eigenvalue weighted by atomic mass is 9.78. The molecule has 2 saturated heterocycles. The third-order valence-electron chi connectivity index (χ3n) is 19.9. The molecule has 26 heteroatoms. The first-order valence-electron chi connectivity index (χ1n) is 33.4. The number of nitrogens with zero attached hydrogens (tertiary/aromatic N) is 7. The van der Waals surface area contributed by atoms with Crippen LogP contribution in [0.25, 0.3) is 0 Å². The molecule has 0 aromatic carbocycles. The van der Waals surface area contributed by atoms with E-state index in [9.17, 15) is 56.3 Å². The quantitative estimate of drug-likeness (QED) is 0.192. The molecule has 4 N–H and O–H groups in total. The van der Waals surface area contributed by atoms with Crippen LogP contribution in [0, 0.1) is 35.5 Å². The lowest BCUT2D eigenvalue weighted by molar-refractivity contribution is -0.201. The second-order valence-electron chi connectivity index (χ2n) is 28.1. The van der Waals surface area contributed by atoms with Gasteiger partial charge in [0.1, 0.15) is 48.0 Å². The summed E-state index contributed by atoms with van der Waals surface area (Å²) < 4.78 is 56.5. The molecule has 1 spiro atoms. The van der Waals surface area contributed by atoms with E-state index in [1.807, 2.05) is 34.6 Å². The van der Waals surface area contributed by atoms with Gasteiger partial charge < -0.3 is 55.6 Å².